The number of benzene rings is 2. The first-order valence-electron chi connectivity index (χ1n) is 10.4. The van der Waals surface area contributed by atoms with Crippen molar-refractivity contribution < 1.29 is 0 Å². The number of hydrogen-bond acceptors (Lipinski definition) is 3. The van der Waals surface area contributed by atoms with E-state index >= 15 is 0 Å². The van der Waals surface area contributed by atoms with Gasteiger partial charge in [-0.2, -0.15) is 0 Å². The van der Waals surface area contributed by atoms with Crippen molar-refractivity contribution in [1.29, 1.82) is 0 Å². The van der Waals surface area contributed by atoms with Gasteiger partial charge in [0.15, 0.2) is 0 Å². The molecule has 0 N–H and O–H groups in total. The summed E-state index contributed by atoms with van der Waals surface area (Å²) in [4.78, 5) is 12.7. The van der Waals surface area contributed by atoms with E-state index in [4.69, 9.17) is 9.97 Å². The van der Waals surface area contributed by atoms with Crippen molar-refractivity contribution in [2.24, 2.45) is 0 Å². The minimum atomic E-state index is -0.0967. The van der Waals surface area contributed by atoms with Crippen LogP contribution in [0.2, 0.25) is 0 Å². The Kier molecular flexibility index (Phi) is 3.43. The van der Waals surface area contributed by atoms with Crippen molar-refractivity contribution in [2.45, 2.75) is 65.0 Å². The smallest absolute Gasteiger partial charge is 0.148 e. The molecule has 0 bridgehead atoms. The number of nitrogens with zero attached hydrogens (tertiary/aromatic N) is 4. The van der Waals surface area contributed by atoms with Crippen LogP contribution >= 0.6 is 0 Å². The molecule has 150 valence electrons. The summed E-state index contributed by atoms with van der Waals surface area (Å²) >= 11 is 0. The van der Waals surface area contributed by atoms with Crippen LogP contribution in [-0.4, -0.2) is 26.3 Å². The zero-order chi connectivity index (χ0) is 20.9. The van der Waals surface area contributed by atoms with Crippen LogP contribution in [0.25, 0.3) is 27.6 Å². The molecule has 29 heavy (non-hydrogen) atoms. The van der Waals surface area contributed by atoms with E-state index in [1.807, 2.05) is 0 Å². The van der Waals surface area contributed by atoms with Crippen molar-refractivity contribution in [3.63, 3.8) is 0 Å². The van der Waals surface area contributed by atoms with Crippen LogP contribution in [0.3, 0.4) is 0 Å². The van der Waals surface area contributed by atoms with Gasteiger partial charge in [-0.1, -0.05) is 32.9 Å². The molecule has 3 heterocycles. The third-order valence-corrected chi connectivity index (χ3v) is 7.04. The molecule has 2 aromatic carbocycles. The molecular weight excluding hydrogens is 356 g/mol. The second kappa shape index (κ2) is 5.37. The van der Waals surface area contributed by atoms with Crippen LogP contribution in [0.5, 0.6) is 0 Å². The summed E-state index contributed by atoms with van der Waals surface area (Å²) in [6.45, 7) is 15.9. The Labute approximate surface area is 172 Å². The second-order valence-corrected chi connectivity index (χ2v) is 10.5. The summed E-state index contributed by atoms with van der Waals surface area (Å²) in [5.74, 6) is 1.05. The van der Waals surface area contributed by atoms with Crippen molar-refractivity contribution >= 4 is 27.6 Å². The Balaban J connectivity index is 1.99. The Morgan fingerprint density at radius 1 is 0.828 bits per heavy atom. The number of para-hydroxylation sites is 1. The van der Waals surface area contributed by atoms with E-state index in [9.17, 15) is 0 Å². The van der Waals surface area contributed by atoms with Crippen molar-refractivity contribution in [2.75, 3.05) is 7.05 Å². The van der Waals surface area contributed by atoms with Gasteiger partial charge in [-0.05, 0) is 70.1 Å². The van der Waals surface area contributed by atoms with Gasteiger partial charge in [0.25, 0.3) is 0 Å². The average Bonchev–Trinajstić information content (AvgIpc) is 3.08. The lowest BCUT2D eigenvalue weighted by Gasteiger charge is -2.37. The van der Waals surface area contributed by atoms with Gasteiger partial charge in [-0.3, -0.25) is 9.30 Å². The molecule has 0 amide bonds. The lowest BCUT2D eigenvalue weighted by Crippen LogP contribution is -2.42. The molecule has 0 radical (unpaired) electrons. The van der Waals surface area contributed by atoms with Crippen molar-refractivity contribution in [3.8, 4) is 0 Å². The quantitative estimate of drug-likeness (QED) is 0.386. The van der Waals surface area contributed by atoms with Crippen molar-refractivity contribution in [3.05, 3.63) is 53.3 Å². The van der Waals surface area contributed by atoms with Gasteiger partial charge in [0.1, 0.15) is 11.5 Å². The summed E-state index contributed by atoms with van der Waals surface area (Å²) in [7, 11) is 2.22. The minimum absolute atomic E-state index is 0.0317. The highest BCUT2D eigenvalue weighted by Crippen LogP contribution is 2.49. The minimum Gasteiger partial charge on any atom is -0.288 e. The topological polar surface area (TPSA) is 33.4 Å². The van der Waals surface area contributed by atoms with E-state index in [0.29, 0.717) is 0 Å². The molecule has 0 fully saturated rings. The largest absolute Gasteiger partial charge is 0.288 e. The Bertz CT molecular complexity index is 1300. The maximum atomic E-state index is 5.14. The van der Waals surface area contributed by atoms with Gasteiger partial charge >= 0.3 is 0 Å². The fourth-order valence-corrected chi connectivity index (χ4v) is 5.02. The molecule has 1 aliphatic heterocycles. The first-order chi connectivity index (χ1) is 13.4. The maximum absolute atomic E-state index is 5.14. The van der Waals surface area contributed by atoms with Gasteiger partial charge in [0, 0.05) is 21.9 Å². The number of imidazole rings is 1. The molecule has 0 saturated carbocycles. The molecule has 0 atom stereocenters. The van der Waals surface area contributed by atoms with E-state index < -0.39 is 0 Å². The molecule has 0 saturated heterocycles. The summed E-state index contributed by atoms with van der Waals surface area (Å²) < 4.78 is 2.29. The van der Waals surface area contributed by atoms with Gasteiger partial charge < -0.3 is 0 Å². The highest BCUT2D eigenvalue weighted by Gasteiger charge is 2.47. The number of hydrogen-bond donors (Lipinski definition) is 0. The summed E-state index contributed by atoms with van der Waals surface area (Å²) in [6, 6.07) is 13.0. The Hall–Kier alpha value is -2.46. The monoisotopic (exact) mass is 386 g/mol. The molecule has 5 rings (SSSR count). The summed E-state index contributed by atoms with van der Waals surface area (Å²) in [5, 5.41) is 1.10. The van der Waals surface area contributed by atoms with Crippen LogP contribution in [-0.2, 0) is 16.5 Å². The van der Waals surface area contributed by atoms with Crippen molar-refractivity contribution in [1.82, 2.24) is 19.3 Å². The van der Waals surface area contributed by atoms with Gasteiger partial charge in [0.2, 0.25) is 0 Å². The highest BCUT2D eigenvalue weighted by molar-refractivity contribution is 5.97. The highest BCUT2D eigenvalue weighted by atomic mass is 15.2. The molecule has 4 nitrogen and oxygen atoms in total. The molecule has 4 heteroatoms. The fourth-order valence-electron chi connectivity index (χ4n) is 5.02. The van der Waals surface area contributed by atoms with Crippen LogP contribution in [0, 0.1) is 0 Å². The van der Waals surface area contributed by atoms with E-state index in [0.717, 1.165) is 33.4 Å². The predicted molar refractivity (Wildman–Crippen MR) is 121 cm³/mol. The molecule has 0 spiro atoms. The average molecular weight is 387 g/mol. The molecular formula is C25H30N4. The third-order valence-electron chi connectivity index (χ3n) is 7.04. The van der Waals surface area contributed by atoms with Crippen LogP contribution in [0.15, 0.2) is 36.4 Å². The van der Waals surface area contributed by atoms with Gasteiger partial charge in [-0.25, -0.2) is 9.97 Å². The number of aromatic nitrogens is 3. The lowest BCUT2D eigenvalue weighted by molar-refractivity contribution is 0.0731. The van der Waals surface area contributed by atoms with E-state index in [2.05, 4.69) is 101 Å². The van der Waals surface area contributed by atoms with E-state index in [-0.39, 0.29) is 16.5 Å². The molecule has 1 aliphatic rings. The van der Waals surface area contributed by atoms with E-state index in [1.54, 1.807) is 0 Å². The Morgan fingerprint density at radius 2 is 1.45 bits per heavy atom. The van der Waals surface area contributed by atoms with Gasteiger partial charge in [-0.15, -0.1) is 0 Å². The SMILES string of the molecule is CN1C(C)(C)c2cc3nc4c5ccccc5nc(C(C)(C)C)n4c3cc2C1(C)C. The third kappa shape index (κ3) is 2.29. The standard InChI is InChI=1S/C25H30N4/c1-23(2,3)22-27-18-12-10-9-11-15(18)21-26-19-13-16-17(14-20(19)29(21)22)25(6,7)28(8)24(16,4)5/h9-14H,1-8H3. The number of fused-ring (bicyclic) bond motifs is 6. The summed E-state index contributed by atoms with van der Waals surface area (Å²) in [6.07, 6.45) is 0. The second-order valence-electron chi connectivity index (χ2n) is 10.5. The van der Waals surface area contributed by atoms with Crippen LogP contribution in [0.4, 0.5) is 0 Å². The molecule has 0 aliphatic carbocycles. The zero-order valence-electron chi connectivity index (χ0n) is 18.8. The first-order valence-corrected chi connectivity index (χ1v) is 10.4. The van der Waals surface area contributed by atoms with Crippen LogP contribution in [0.1, 0.15) is 65.4 Å². The zero-order valence-corrected chi connectivity index (χ0v) is 18.8. The predicted octanol–water partition coefficient (Wildman–Crippen LogP) is 5.75. The molecule has 0 unspecified atom stereocenters. The Morgan fingerprint density at radius 3 is 2.10 bits per heavy atom. The maximum Gasteiger partial charge on any atom is 0.148 e. The molecule has 4 aromatic rings. The van der Waals surface area contributed by atoms with Crippen LogP contribution < -0.4 is 0 Å². The first kappa shape index (κ1) is 18.6. The summed E-state index contributed by atoms with van der Waals surface area (Å²) in [5.41, 5.74) is 6.80. The number of rotatable bonds is 0. The normalized spacial score (nSPS) is 18.8. The van der Waals surface area contributed by atoms with Gasteiger partial charge in [0.05, 0.1) is 16.6 Å². The lowest BCUT2D eigenvalue weighted by atomic mass is 9.90. The van der Waals surface area contributed by atoms with E-state index in [1.165, 1.54) is 11.1 Å². The molecule has 2 aromatic heterocycles. The fraction of sp³-hybridized carbons (Fsp3) is 0.440.